The Morgan fingerprint density at radius 1 is 1.46 bits per heavy atom. The van der Waals surface area contributed by atoms with Gasteiger partial charge in [0.25, 0.3) is 0 Å². The second-order valence-electron chi connectivity index (χ2n) is 2.24. The highest BCUT2D eigenvalue weighted by Gasteiger charge is 2.11. The van der Waals surface area contributed by atoms with E-state index in [1.165, 1.54) is 11.8 Å². The lowest BCUT2D eigenvalue weighted by molar-refractivity contribution is 0.983. The number of nitrogens with one attached hydrogen (secondary N) is 1. The molecule has 0 atom stereocenters. The Kier molecular flexibility index (Phi) is 2.44. The zero-order valence-electron chi connectivity index (χ0n) is 6.51. The van der Waals surface area contributed by atoms with Crippen LogP contribution in [0.3, 0.4) is 0 Å². The first-order valence-electron chi connectivity index (χ1n) is 3.33. The summed E-state index contributed by atoms with van der Waals surface area (Å²) >= 11 is 10.6. The molecule has 0 aliphatic heterocycles. The molecule has 0 spiro atoms. The average Bonchev–Trinajstić information content (AvgIpc) is 2.48. The number of halogens is 2. The molecule has 0 radical (unpaired) electrons. The molecule has 0 saturated heterocycles. The molecular weight excluding hydrogens is 276 g/mol. The second-order valence-corrected chi connectivity index (χ2v) is 4.16. The van der Waals surface area contributed by atoms with E-state index in [4.69, 9.17) is 11.6 Å². The van der Waals surface area contributed by atoms with Crippen LogP contribution in [0, 0.1) is 0 Å². The Balaban J connectivity index is 2.79. The number of H-pyrrole nitrogens is 1. The van der Waals surface area contributed by atoms with Crippen LogP contribution in [0.25, 0.3) is 11.0 Å². The standard InChI is InChI=1S/C6H4BrClN4S/c1-13-6-9-4(8)2-3(7)11-12-5(2)10-6/h1H3,(H,9,10,11,12). The number of rotatable bonds is 1. The van der Waals surface area contributed by atoms with Gasteiger partial charge in [-0.05, 0) is 22.2 Å². The minimum atomic E-state index is 0.412. The molecule has 0 aromatic carbocycles. The van der Waals surface area contributed by atoms with E-state index in [2.05, 4.69) is 36.1 Å². The minimum Gasteiger partial charge on any atom is -0.268 e. The van der Waals surface area contributed by atoms with Gasteiger partial charge in [-0.3, -0.25) is 5.10 Å². The molecule has 4 nitrogen and oxygen atoms in total. The summed E-state index contributed by atoms with van der Waals surface area (Å²) in [5.74, 6) is 0. The maximum atomic E-state index is 5.93. The Labute approximate surface area is 91.6 Å². The van der Waals surface area contributed by atoms with Crippen molar-refractivity contribution in [2.45, 2.75) is 5.16 Å². The molecule has 2 aromatic heterocycles. The van der Waals surface area contributed by atoms with E-state index in [1.54, 1.807) is 0 Å². The molecule has 0 amide bonds. The van der Waals surface area contributed by atoms with Crippen molar-refractivity contribution in [3.8, 4) is 0 Å². The number of hydrogen-bond acceptors (Lipinski definition) is 4. The fourth-order valence-electron chi connectivity index (χ4n) is 0.922. The van der Waals surface area contributed by atoms with Gasteiger partial charge in [-0.25, -0.2) is 9.97 Å². The topological polar surface area (TPSA) is 54.5 Å². The molecule has 0 saturated carbocycles. The average molecular weight is 280 g/mol. The van der Waals surface area contributed by atoms with Gasteiger partial charge < -0.3 is 0 Å². The van der Waals surface area contributed by atoms with Crippen LogP contribution in [0.15, 0.2) is 9.76 Å². The van der Waals surface area contributed by atoms with E-state index in [0.29, 0.717) is 20.6 Å². The molecule has 7 heteroatoms. The van der Waals surface area contributed by atoms with Gasteiger partial charge in [0.05, 0.1) is 5.39 Å². The highest BCUT2D eigenvalue weighted by Crippen LogP contribution is 2.27. The molecule has 68 valence electrons. The van der Waals surface area contributed by atoms with Gasteiger partial charge in [0.2, 0.25) is 0 Å². The monoisotopic (exact) mass is 278 g/mol. The fourth-order valence-corrected chi connectivity index (χ4v) is 2.16. The Morgan fingerprint density at radius 3 is 2.92 bits per heavy atom. The van der Waals surface area contributed by atoms with Gasteiger partial charge in [0.1, 0.15) is 9.76 Å². The molecule has 0 aliphatic carbocycles. The second kappa shape index (κ2) is 3.43. The summed E-state index contributed by atoms with van der Waals surface area (Å²) in [4.78, 5) is 8.25. The lowest BCUT2D eigenvalue weighted by atomic mass is 10.4. The number of hydrogen-bond donors (Lipinski definition) is 1. The maximum Gasteiger partial charge on any atom is 0.190 e. The highest BCUT2D eigenvalue weighted by atomic mass is 79.9. The van der Waals surface area contributed by atoms with Crippen molar-refractivity contribution in [1.29, 1.82) is 0 Å². The Hall–Kier alpha value is -0.330. The Morgan fingerprint density at radius 2 is 2.23 bits per heavy atom. The van der Waals surface area contributed by atoms with Crippen molar-refractivity contribution in [2.24, 2.45) is 0 Å². The summed E-state index contributed by atoms with van der Waals surface area (Å²) < 4.78 is 0.708. The number of aromatic nitrogens is 4. The third-order valence-corrected chi connectivity index (χ3v) is 2.88. The third kappa shape index (κ3) is 1.53. The molecule has 1 N–H and O–H groups in total. The van der Waals surface area contributed by atoms with E-state index in [-0.39, 0.29) is 0 Å². The smallest absolute Gasteiger partial charge is 0.190 e. The maximum absolute atomic E-state index is 5.93. The van der Waals surface area contributed by atoms with Crippen molar-refractivity contribution >= 4 is 50.3 Å². The van der Waals surface area contributed by atoms with Crippen LogP contribution >= 0.6 is 39.3 Å². The molecule has 0 aliphatic rings. The highest BCUT2D eigenvalue weighted by molar-refractivity contribution is 9.10. The van der Waals surface area contributed by atoms with Crippen LogP contribution in [0.4, 0.5) is 0 Å². The normalized spacial score (nSPS) is 11.0. The number of fused-ring (bicyclic) bond motifs is 1. The van der Waals surface area contributed by atoms with E-state index in [9.17, 15) is 0 Å². The third-order valence-electron chi connectivity index (χ3n) is 1.49. The summed E-state index contributed by atoms with van der Waals surface area (Å²) in [6.07, 6.45) is 1.89. The first kappa shape index (κ1) is 9.23. The van der Waals surface area contributed by atoms with Crippen LogP contribution in [0.5, 0.6) is 0 Å². The van der Waals surface area contributed by atoms with Crippen LogP contribution in [0.2, 0.25) is 5.15 Å². The molecule has 13 heavy (non-hydrogen) atoms. The molecule has 2 heterocycles. The molecule has 0 bridgehead atoms. The predicted octanol–water partition coefficient (Wildman–Crippen LogP) is 2.49. The van der Waals surface area contributed by atoms with Crippen LogP contribution in [-0.4, -0.2) is 26.4 Å². The lowest BCUT2D eigenvalue weighted by Crippen LogP contribution is -1.87. The SMILES string of the molecule is CSc1nc(Cl)c2c(Br)[nH]nc2n1. The largest absolute Gasteiger partial charge is 0.268 e. The van der Waals surface area contributed by atoms with Crippen molar-refractivity contribution in [3.05, 3.63) is 9.76 Å². The van der Waals surface area contributed by atoms with E-state index >= 15 is 0 Å². The Bertz CT molecular complexity index is 457. The van der Waals surface area contributed by atoms with Gasteiger partial charge >= 0.3 is 0 Å². The molecule has 2 rings (SSSR count). The van der Waals surface area contributed by atoms with Gasteiger partial charge in [-0.1, -0.05) is 23.4 Å². The van der Waals surface area contributed by atoms with Crippen molar-refractivity contribution in [3.63, 3.8) is 0 Å². The first-order valence-corrected chi connectivity index (χ1v) is 5.73. The van der Waals surface area contributed by atoms with Crippen LogP contribution in [-0.2, 0) is 0 Å². The van der Waals surface area contributed by atoms with Gasteiger partial charge in [0, 0.05) is 0 Å². The fraction of sp³-hybridized carbons (Fsp3) is 0.167. The summed E-state index contributed by atoms with van der Waals surface area (Å²) in [5, 5.41) is 8.46. The number of aromatic amines is 1. The zero-order chi connectivity index (χ0) is 9.42. The predicted molar refractivity (Wildman–Crippen MR) is 56.2 cm³/mol. The van der Waals surface area contributed by atoms with E-state index in [0.717, 1.165) is 5.39 Å². The lowest BCUT2D eigenvalue weighted by Gasteiger charge is -1.95. The van der Waals surface area contributed by atoms with Gasteiger partial charge in [0.15, 0.2) is 10.8 Å². The molecule has 0 unspecified atom stereocenters. The molecule has 0 fully saturated rings. The minimum absolute atomic E-state index is 0.412. The molecule has 2 aromatic rings. The molecular formula is C6H4BrClN4S. The zero-order valence-corrected chi connectivity index (χ0v) is 9.66. The summed E-state index contributed by atoms with van der Waals surface area (Å²) in [6.45, 7) is 0. The summed E-state index contributed by atoms with van der Waals surface area (Å²) in [7, 11) is 0. The summed E-state index contributed by atoms with van der Waals surface area (Å²) in [5.41, 5.74) is 0.580. The van der Waals surface area contributed by atoms with Crippen LogP contribution in [0.1, 0.15) is 0 Å². The van der Waals surface area contributed by atoms with Crippen LogP contribution < -0.4 is 0 Å². The summed E-state index contributed by atoms with van der Waals surface area (Å²) in [6, 6.07) is 0. The van der Waals surface area contributed by atoms with Crippen molar-refractivity contribution in [2.75, 3.05) is 6.26 Å². The van der Waals surface area contributed by atoms with E-state index < -0.39 is 0 Å². The number of thioether (sulfide) groups is 1. The number of nitrogens with zero attached hydrogens (tertiary/aromatic N) is 3. The van der Waals surface area contributed by atoms with E-state index in [1.807, 2.05) is 6.26 Å². The van der Waals surface area contributed by atoms with Crippen molar-refractivity contribution in [1.82, 2.24) is 20.2 Å². The van der Waals surface area contributed by atoms with Gasteiger partial charge in [-0.2, -0.15) is 5.10 Å². The quantitative estimate of drug-likeness (QED) is 0.495. The van der Waals surface area contributed by atoms with Gasteiger partial charge in [-0.15, -0.1) is 0 Å². The van der Waals surface area contributed by atoms with Crippen molar-refractivity contribution < 1.29 is 0 Å². The first-order chi connectivity index (χ1) is 6.22.